The van der Waals surface area contributed by atoms with Crippen LogP contribution in [-0.2, 0) is 19.1 Å². The van der Waals surface area contributed by atoms with Gasteiger partial charge in [-0.2, -0.15) is 0 Å². The van der Waals surface area contributed by atoms with Gasteiger partial charge in [-0.1, -0.05) is 0 Å². The summed E-state index contributed by atoms with van der Waals surface area (Å²) < 4.78 is 20.0. The maximum absolute atomic E-state index is 14.8. The Labute approximate surface area is 177 Å². The van der Waals surface area contributed by atoms with E-state index in [4.69, 9.17) is 9.84 Å². The van der Waals surface area contributed by atoms with Gasteiger partial charge in [0.15, 0.2) is 0 Å². The van der Waals surface area contributed by atoms with E-state index in [1.807, 2.05) is 0 Å². The van der Waals surface area contributed by atoms with Gasteiger partial charge in [-0.05, 0) is 18.2 Å². The fraction of sp³-hybridized carbons (Fsp3) is 0.400. The van der Waals surface area contributed by atoms with Crippen LogP contribution in [0.2, 0.25) is 0 Å². The molecule has 166 valence electrons. The number of anilines is 2. The van der Waals surface area contributed by atoms with E-state index in [1.165, 1.54) is 22.8 Å². The van der Waals surface area contributed by atoms with Crippen molar-refractivity contribution in [3.8, 4) is 0 Å². The fourth-order valence-electron chi connectivity index (χ4n) is 3.43. The summed E-state index contributed by atoms with van der Waals surface area (Å²) in [6.45, 7) is 3.16. The third-order valence-corrected chi connectivity index (χ3v) is 5.00. The molecule has 0 bridgehead atoms. The molecule has 1 aromatic carbocycles. The van der Waals surface area contributed by atoms with E-state index >= 15 is 0 Å². The Morgan fingerprint density at radius 3 is 2.55 bits per heavy atom. The Bertz CT molecular complexity index is 913. The van der Waals surface area contributed by atoms with Gasteiger partial charge in [0.05, 0.1) is 24.5 Å². The number of halogens is 1. The van der Waals surface area contributed by atoms with Gasteiger partial charge in [-0.15, -0.1) is 0 Å². The molecule has 1 atom stereocenters. The molecule has 0 saturated carbocycles. The number of carboxylic acids is 1. The number of benzene rings is 1. The van der Waals surface area contributed by atoms with E-state index in [2.05, 4.69) is 5.32 Å². The number of amides is 3. The van der Waals surface area contributed by atoms with Crippen molar-refractivity contribution < 1.29 is 33.4 Å². The van der Waals surface area contributed by atoms with Crippen molar-refractivity contribution in [1.82, 2.24) is 10.2 Å². The molecule has 2 aliphatic heterocycles. The van der Waals surface area contributed by atoms with Crippen LogP contribution in [0.1, 0.15) is 6.92 Å². The molecule has 10 nitrogen and oxygen atoms in total. The average Bonchev–Trinajstić information content (AvgIpc) is 3.11. The van der Waals surface area contributed by atoms with Gasteiger partial charge in [-0.25, -0.2) is 14.0 Å². The van der Waals surface area contributed by atoms with Crippen molar-refractivity contribution in [2.75, 3.05) is 49.1 Å². The number of carboxylic acid groups (broad SMARTS) is 1. The lowest BCUT2D eigenvalue weighted by molar-refractivity contribution is -0.132. The monoisotopic (exact) mass is 434 g/mol. The maximum Gasteiger partial charge on any atom is 0.414 e. The first-order valence-corrected chi connectivity index (χ1v) is 9.71. The summed E-state index contributed by atoms with van der Waals surface area (Å²) >= 11 is 0. The number of hydrogen-bond donors (Lipinski definition) is 2. The molecule has 2 saturated heterocycles. The Morgan fingerprint density at radius 2 is 1.94 bits per heavy atom. The van der Waals surface area contributed by atoms with Gasteiger partial charge in [0, 0.05) is 45.3 Å². The summed E-state index contributed by atoms with van der Waals surface area (Å²) in [4.78, 5) is 50.2. The summed E-state index contributed by atoms with van der Waals surface area (Å²) in [5, 5.41) is 11.2. The van der Waals surface area contributed by atoms with Crippen LogP contribution in [0, 0.1) is 5.82 Å². The first kappa shape index (κ1) is 22.1. The number of carbonyl (C=O) groups excluding carboxylic acids is 3. The minimum Gasteiger partial charge on any atom is -0.478 e. The lowest BCUT2D eigenvalue weighted by Crippen LogP contribution is -2.48. The number of nitrogens with one attached hydrogen (secondary N) is 1. The largest absolute Gasteiger partial charge is 0.478 e. The zero-order valence-corrected chi connectivity index (χ0v) is 16.9. The SMILES string of the molecule is CC(=O)NCC1CN(c2ccc(N3CCN(C(=O)C=CC(=O)O)CC3)c(F)c2)C(=O)O1. The standard InChI is InChI=1S/C20H23FN4O6/c1-13(26)22-11-15-12-25(20(30)31-15)14-2-3-17(16(21)10-14)23-6-8-24(9-7-23)18(27)4-5-19(28)29/h2-5,10,15H,6-9,11-12H2,1H3,(H,22,26)(H,28,29). The molecule has 1 aromatic rings. The van der Waals surface area contributed by atoms with Gasteiger partial charge in [0.25, 0.3) is 0 Å². The third-order valence-electron chi connectivity index (χ3n) is 5.00. The molecule has 11 heteroatoms. The highest BCUT2D eigenvalue weighted by atomic mass is 19.1. The first-order chi connectivity index (χ1) is 14.7. The number of aliphatic carboxylic acids is 1. The molecule has 1 unspecified atom stereocenters. The van der Waals surface area contributed by atoms with Crippen LogP contribution in [0.3, 0.4) is 0 Å². The van der Waals surface area contributed by atoms with Crippen molar-refractivity contribution in [2.24, 2.45) is 0 Å². The van der Waals surface area contributed by atoms with Crippen LogP contribution in [0.4, 0.5) is 20.6 Å². The van der Waals surface area contributed by atoms with Crippen molar-refractivity contribution in [3.05, 3.63) is 36.2 Å². The predicted molar refractivity (Wildman–Crippen MR) is 108 cm³/mol. The summed E-state index contributed by atoms with van der Waals surface area (Å²) in [5.74, 6) is -2.34. The van der Waals surface area contributed by atoms with Crippen LogP contribution in [0.15, 0.2) is 30.4 Å². The number of carbonyl (C=O) groups is 4. The minimum absolute atomic E-state index is 0.183. The molecule has 3 amide bonds. The molecule has 0 spiro atoms. The summed E-state index contributed by atoms with van der Waals surface area (Å²) in [6, 6.07) is 4.44. The highest BCUT2D eigenvalue weighted by Crippen LogP contribution is 2.28. The van der Waals surface area contributed by atoms with E-state index in [0.29, 0.717) is 37.6 Å². The second-order valence-corrected chi connectivity index (χ2v) is 7.17. The van der Waals surface area contributed by atoms with Crippen molar-refractivity contribution in [1.29, 1.82) is 0 Å². The number of nitrogens with zero attached hydrogens (tertiary/aromatic N) is 3. The second-order valence-electron chi connectivity index (χ2n) is 7.17. The Morgan fingerprint density at radius 1 is 1.23 bits per heavy atom. The molecule has 2 fully saturated rings. The number of piperazine rings is 1. The molecule has 2 heterocycles. The molecular weight excluding hydrogens is 411 g/mol. The van der Waals surface area contributed by atoms with Crippen molar-refractivity contribution >= 4 is 35.3 Å². The molecule has 31 heavy (non-hydrogen) atoms. The lowest BCUT2D eigenvalue weighted by Gasteiger charge is -2.36. The van der Waals surface area contributed by atoms with Crippen LogP contribution >= 0.6 is 0 Å². The van der Waals surface area contributed by atoms with Gasteiger partial charge in [0.2, 0.25) is 11.8 Å². The molecular formula is C20H23FN4O6. The minimum atomic E-state index is -1.20. The van der Waals surface area contributed by atoms with Gasteiger partial charge in [0.1, 0.15) is 11.9 Å². The van der Waals surface area contributed by atoms with E-state index in [0.717, 1.165) is 12.2 Å². The zero-order chi connectivity index (χ0) is 22.5. The maximum atomic E-state index is 14.8. The molecule has 0 aromatic heterocycles. The first-order valence-electron chi connectivity index (χ1n) is 9.71. The fourth-order valence-corrected chi connectivity index (χ4v) is 3.43. The second kappa shape index (κ2) is 9.45. The Balaban J connectivity index is 1.60. The number of rotatable bonds is 6. The summed E-state index contributed by atoms with van der Waals surface area (Å²) in [6.07, 6.45) is 0.669. The number of hydrogen-bond acceptors (Lipinski definition) is 6. The van der Waals surface area contributed by atoms with Crippen molar-refractivity contribution in [3.63, 3.8) is 0 Å². The van der Waals surface area contributed by atoms with Crippen LogP contribution < -0.4 is 15.1 Å². The molecule has 0 radical (unpaired) electrons. The predicted octanol–water partition coefficient (Wildman–Crippen LogP) is 0.576. The lowest BCUT2D eigenvalue weighted by atomic mass is 10.2. The molecule has 3 rings (SSSR count). The quantitative estimate of drug-likeness (QED) is 0.629. The number of ether oxygens (including phenoxy) is 1. The van der Waals surface area contributed by atoms with Crippen LogP contribution in [-0.4, -0.2) is 79.3 Å². The molecule has 2 aliphatic rings. The summed E-state index contributed by atoms with van der Waals surface area (Å²) in [7, 11) is 0. The van der Waals surface area contributed by atoms with E-state index in [9.17, 15) is 23.6 Å². The van der Waals surface area contributed by atoms with E-state index in [1.54, 1.807) is 17.0 Å². The Kier molecular flexibility index (Phi) is 6.73. The third kappa shape index (κ3) is 5.50. The van der Waals surface area contributed by atoms with Crippen LogP contribution in [0.25, 0.3) is 0 Å². The zero-order valence-electron chi connectivity index (χ0n) is 16.9. The van der Waals surface area contributed by atoms with Gasteiger partial charge in [-0.3, -0.25) is 14.5 Å². The highest BCUT2D eigenvalue weighted by Gasteiger charge is 2.33. The van der Waals surface area contributed by atoms with E-state index < -0.39 is 29.9 Å². The molecule has 2 N–H and O–H groups in total. The molecule has 0 aliphatic carbocycles. The van der Waals surface area contributed by atoms with Gasteiger partial charge < -0.3 is 25.0 Å². The Hall–Kier alpha value is -3.63. The number of cyclic esters (lactones) is 1. The summed E-state index contributed by atoms with van der Waals surface area (Å²) in [5.41, 5.74) is 0.698. The topological polar surface area (TPSA) is 119 Å². The average molecular weight is 434 g/mol. The smallest absolute Gasteiger partial charge is 0.414 e. The van der Waals surface area contributed by atoms with Crippen molar-refractivity contribution in [2.45, 2.75) is 13.0 Å². The highest BCUT2D eigenvalue weighted by molar-refractivity contribution is 5.94. The normalized spacial score (nSPS) is 19.0. The van der Waals surface area contributed by atoms with Gasteiger partial charge >= 0.3 is 12.1 Å². The van der Waals surface area contributed by atoms with Crippen LogP contribution in [0.5, 0.6) is 0 Å². The van der Waals surface area contributed by atoms with E-state index in [-0.39, 0.29) is 19.0 Å².